The zero-order valence-corrected chi connectivity index (χ0v) is 13.8. The molecule has 1 heterocycles. The molecule has 25 heavy (non-hydrogen) atoms. The van der Waals surface area contributed by atoms with Gasteiger partial charge in [0.15, 0.2) is 0 Å². The van der Waals surface area contributed by atoms with Crippen molar-refractivity contribution < 1.29 is 4.79 Å². The van der Waals surface area contributed by atoms with Crippen molar-refractivity contribution in [3.63, 3.8) is 0 Å². The molecular formula is C20H19N3O2. The van der Waals surface area contributed by atoms with Crippen LogP contribution in [-0.2, 0) is 24.4 Å². The summed E-state index contributed by atoms with van der Waals surface area (Å²) in [6.07, 6.45) is 1.51. The Morgan fingerprint density at radius 1 is 0.840 bits per heavy atom. The molecule has 3 aromatic rings. The van der Waals surface area contributed by atoms with E-state index in [1.807, 2.05) is 60.7 Å². The minimum Gasteiger partial charge on any atom is -0.332 e. The summed E-state index contributed by atoms with van der Waals surface area (Å²) in [5.41, 5.74) is 1.80. The van der Waals surface area contributed by atoms with Crippen LogP contribution < -0.4 is 5.56 Å². The largest absolute Gasteiger partial charge is 0.332 e. The fourth-order valence-electron chi connectivity index (χ4n) is 2.57. The number of carbonyl (C=O) groups excluding carboxylic acids is 1. The van der Waals surface area contributed by atoms with Gasteiger partial charge in [-0.3, -0.25) is 9.59 Å². The number of amides is 1. The fraction of sp³-hybridized carbons (Fsp3) is 0.150. The summed E-state index contributed by atoms with van der Waals surface area (Å²) in [5.74, 6) is -0.145. The van der Waals surface area contributed by atoms with Crippen molar-refractivity contribution in [3.8, 4) is 0 Å². The normalized spacial score (nSPS) is 10.4. The van der Waals surface area contributed by atoms with Crippen LogP contribution in [0.3, 0.4) is 0 Å². The first-order valence-corrected chi connectivity index (χ1v) is 8.10. The summed E-state index contributed by atoms with van der Waals surface area (Å²) in [7, 11) is 0. The first-order chi connectivity index (χ1) is 12.2. The van der Waals surface area contributed by atoms with Gasteiger partial charge in [-0.2, -0.15) is 5.10 Å². The van der Waals surface area contributed by atoms with Crippen molar-refractivity contribution in [2.75, 3.05) is 0 Å². The monoisotopic (exact) mass is 333 g/mol. The van der Waals surface area contributed by atoms with Crippen LogP contribution in [0.15, 0.2) is 83.8 Å². The lowest BCUT2D eigenvalue weighted by atomic mass is 10.1. The Bertz CT molecular complexity index is 834. The lowest BCUT2D eigenvalue weighted by Crippen LogP contribution is -2.36. The summed E-state index contributed by atoms with van der Waals surface area (Å²) < 4.78 is 1.19. The van der Waals surface area contributed by atoms with Crippen LogP contribution in [0.5, 0.6) is 0 Å². The van der Waals surface area contributed by atoms with Gasteiger partial charge in [-0.05, 0) is 17.2 Å². The van der Waals surface area contributed by atoms with Crippen LogP contribution in [0.25, 0.3) is 0 Å². The van der Waals surface area contributed by atoms with Crippen molar-refractivity contribution >= 4 is 5.91 Å². The van der Waals surface area contributed by atoms with Crippen molar-refractivity contribution in [1.29, 1.82) is 0 Å². The lowest BCUT2D eigenvalue weighted by Gasteiger charge is -2.23. The highest BCUT2D eigenvalue weighted by atomic mass is 16.2. The second-order valence-corrected chi connectivity index (χ2v) is 5.74. The highest BCUT2D eigenvalue weighted by molar-refractivity contribution is 5.75. The molecular weight excluding hydrogens is 314 g/mol. The van der Waals surface area contributed by atoms with E-state index in [1.54, 1.807) is 11.0 Å². The highest BCUT2D eigenvalue weighted by Gasteiger charge is 2.16. The molecule has 0 aliphatic carbocycles. The SMILES string of the molecule is O=C(Cn1ncccc1=O)N(Cc1ccccc1)Cc1ccccc1. The highest BCUT2D eigenvalue weighted by Crippen LogP contribution is 2.11. The average Bonchev–Trinajstić information content (AvgIpc) is 2.65. The van der Waals surface area contributed by atoms with Gasteiger partial charge < -0.3 is 4.90 Å². The third-order valence-corrected chi connectivity index (χ3v) is 3.86. The van der Waals surface area contributed by atoms with Gasteiger partial charge in [0, 0.05) is 25.4 Å². The topological polar surface area (TPSA) is 55.2 Å². The Kier molecular flexibility index (Phi) is 5.36. The molecule has 0 atom stereocenters. The maximum absolute atomic E-state index is 12.8. The zero-order chi connectivity index (χ0) is 17.5. The second-order valence-electron chi connectivity index (χ2n) is 5.74. The molecule has 0 aliphatic heterocycles. The molecule has 0 unspecified atom stereocenters. The third kappa shape index (κ3) is 4.64. The molecule has 0 bridgehead atoms. The van der Waals surface area contributed by atoms with Crippen molar-refractivity contribution in [1.82, 2.24) is 14.7 Å². The summed E-state index contributed by atoms with van der Waals surface area (Å²) >= 11 is 0. The van der Waals surface area contributed by atoms with E-state index in [9.17, 15) is 9.59 Å². The maximum Gasteiger partial charge on any atom is 0.267 e. The van der Waals surface area contributed by atoms with Gasteiger partial charge in [-0.15, -0.1) is 0 Å². The number of rotatable bonds is 6. The van der Waals surface area contributed by atoms with Gasteiger partial charge in [0.1, 0.15) is 6.54 Å². The van der Waals surface area contributed by atoms with Gasteiger partial charge in [0.2, 0.25) is 5.91 Å². The van der Waals surface area contributed by atoms with Crippen LogP contribution >= 0.6 is 0 Å². The molecule has 126 valence electrons. The number of aromatic nitrogens is 2. The quantitative estimate of drug-likeness (QED) is 0.696. The van der Waals surface area contributed by atoms with E-state index in [2.05, 4.69) is 5.10 Å². The fourth-order valence-corrected chi connectivity index (χ4v) is 2.57. The molecule has 1 amide bonds. The molecule has 0 spiro atoms. The smallest absolute Gasteiger partial charge is 0.267 e. The first kappa shape index (κ1) is 16.6. The number of hydrogen-bond donors (Lipinski definition) is 0. The molecule has 2 aromatic carbocycles. The van der Waals surface area contributed by atoms with Crippen LogP contribution in [0.1, 0.15) is 11.1 Å². The van der Waals surface area contributed by atoms with Gasteiger partial charge >= 0.3 is 0 Å². The Morgan fingerprint density at radius 3 is 1.92 bits per heavy atom. The Hall–Kier alpha value is -3.21. The van der Waals surface area contributed by atoms with E-state index in [0.717, 1.165) is 11.1 Å². The van der Waals surface area contributed by atoms with E-state index < -0.39 is 0 Å². The molecule has 0 saturated carbocycles. The number of benzene rings is 2. The average molecular weight is 333 g/mol. The Balaban J connectivity index is 1.80. The van der Waals surface area contributed by atoms with Gasteiger partial charge in [-0.25, -0.2) is 4.68 Å². The van der Waals surface area contributed by atoms with E-state index in [-0.39, 0.29) is 18.0 Å². The summed E-state index contributed by atoms with van der Waals surface area (Å²) in [4.78, 5) is 26.4. The van der Waals surface area contributed by atoms with Gasteiger partial charge in [-0.1, -0.05) is 60.7 Å². The van der Waals surface area contributed by atoms with E-state index in [0.29, 0.717) is 13.1 Å². The Morgan fingerprint density at radius 2 is 1.40 bits per heavy atom. The van der Waals surface area contributed by atoms with E-state index >= 15 is 0 Å². The van der Waals surface area contributed by atoms with Crippen LogP contribution in [0.2, 0.25) is 0 Å². The van der Waals surface area contributed by atoms with Crippen LogP contribution in [-0.4, -0.2) is 20.6 Å². The molecule has 0 saturated heterocycles. The molecule has 0 fully saturated rings. The predicted molar refractivity (Wildman–Crippen MR) is 95.6 cm³/mol. The molecule has 5 nitrogen and oxygen atoms in total. The minimum atomic E-state index is -0.282. The molecule has 0 aliphatic rings. The van der Waals surface area contributed by atoms with E-state index in [4.69, 9.17) is 0 Å². The number of carbonyl (C=O) groups is 1. The minimum absolute atomic E-state index is 0.0701. The van der Waals surface area contributed by atoms with Gasteiger partial charge in [0.25, 0.3) is 5.56 Å². The molecule has 3 rings (SSSR count). The van der Waals surface area contributed by atoms with Crippen molar-refractivity contribution in [2.24, 2.45) is 0 Å². The standard InChI is InChI=1S/C20H19N3O2/c24-19-12-7-13-21-23(19)16-20(25)22(14-17-8-3-1-4-9-17)15-18-10-5-2-6-11-18/h1-13H,14-16H2. The van der Waals surface area contributed by atoms with Crippen LogP contribution in [0, 0.1) is 0 Å². The summed E-state index contributed by atoms with van der Waals surface area (Å²) in [6.45, 7) is 0.894. The molecule has 1 aromatic heterocycles. The van der Waals surface area contributed by atoms with Crippen molar-refractivity contribution in [3.05, 3.63) is 100 Å². The summed E-state index contributed by atoms with van der Waals surface area (Å²) in [6, 6.07) is 22.6. The van der Waals surface area contributed by atoms with Crippen LogP contribution in [0.4, 0.5) is 0 Å². The second kappa shape index (κ2) is 8.06. The van der Waals surface area contributed by atoms with Gasteiger partial charge in [0.05, 0.1) is 0 Å². The lowest BCUT2D eigenvalue weighted by molar-refractivity contribution is -0.133. The molecule has 0 N–H and O–H groups in total. The summed E-state index contributed by atoms with van der Waals surface area (Å²) in [5, 5.41) is 3.97. The number of nitrogens with zero attached hydrogens (tertiary/aromatic N) is 3. The third-order valence-electron chi connectivity index (χ3n) is 3.86. The zero-order valence-electron chi connectivity index (χ0n) is 13.8. The maximum atomic E-state index is 12.8. The predicted octanol–water partition coefficient (Wildman–Crippen LogP) is 2.47. The number of hydrogen-bond acceptors (Lipinski definition) is 3. The molecule has 5 heteroatoms. The van der Waals surface area contributed by atoms with Crippen molar-refractivity contribution in [2.45, 2.75) is 19.6 Å². The Labute approximate surface area is 146 Å². The van der Waals surface area contributed by atoms with E-state index in [1.165, 1.54) is 16.9 Å². The first-order valence-electron chi connectivity index (χ1n) is 8.10. The molecule has 0 radical (unpaired) electrons.